The highest BCUT2D eigenvalue weighted by Gasteiger charge is 2.35. The maximum Gasteiger partial charge on any atom is 0.229 e. The first-order valence-electron chi connectivity index (χ1n) is 7.15. The zero-order valence-electron chi connectivity index (χ0n) is 12.1. The van der Waals surface area contributed by atoms with Gasteiger partial charge in [-0.3, -0.25) is 9.59 Å². The minimum Gasteiger partial charge on any atom is -0.326 e. The summed E-state index contributed by atoms with van der Waals surface area (Å²) in [5.74, 6) is -0.556. The third-order valence-corrected chi connectivity index (χ3v) is 4.68. The molecule has 0 bridgehead atoms. The van der Waals surface area contributed by atoms with Crippen LogP contribution < -0.4 is 10.2 Å². The first-order chi connectivity index (χ1) is 11.0. The van der Waals surface area contributed by atoms with E-state index in [4.69, 9.17) is 11.6 Å². The van der Waals surface area contributed by atoms with E-state index in [-0.39, 0.29) is 24.2 Å². The topological polar surface area (TPSA) is 49.4 Å². The normalized spacial score (nSPS) is 17.4. The van der Waals surface area contributed by atoms with Crippen LogP contribution in [0.3, 0.4) is 0 Å². The summed E-state index contributed by atoms with van der Waals surface area (Å²) in [5, 5.41) is 3.44. The van der Waals surface area contributed by atoms with E-state index in [1.807, 2.05) is 30.3 Å². The molecule has 118 valence electrons. The molecule has 1 aliphatic rings. The lowest BCUT2D eigenvalue weighted by Gasteiger charge is -2.17. The number of anilines is 2. The summed E-state index contributed by atoms with van der Waals surface area (Å²) < 4.78 is 1.10. The van der Waals surface area contributed by atoms with E-state index in [0.29, 0.717) is 11.6 Å². The third-order valence-electron chi connectivity index (χ3n) is 3.73. The van der Waals surface area contributed by atoms with E-state index in [9.17, 15) is 9.59 Å². The zero-order valence-corrected chi connectivity index (χ0v) is 15.0. The lowest BCUT2D eigenvalue weighted by Crippen LogP contribution is -2.28. The van der Waals surface area contributed by atoms with Crippen molar-refractivity contribution in [3.63, 3.8) is 0 Å². The van der Waals surface area contributed by atoms with Crippen LogP contribution in [-0.2, 0) is 9.59 Å². The van der Waals surface area contributed by atoms with Crippen molar-refractivity contribution in [3.05, 3.63) is 57.1 Å². The predicted octanol–water partition coefficient (Wildman–Crippen LogP) is 3.94. The van der Waals surface area contributed by atoms with Crippen LogP contribution in [0.25, 0.3) is 0 Å². The highest BCUT2D eigenvalue weighted by atomic mass is 127. The number of nitrogens with zero attached hydrogens (tertiary/aromatic N) is 1. The van der Waals surface area contributed by atoms with Crippen molar-refractivity contribution < 1.29 is 9.59 Å². The molecule has 0 aromatic heterocycles. The summed E-state index contributed by atoms with van der Waals surface area (Å²) in [4.78, 5) is 26.2. The number of rotatable bonds is 3. The molecule has 0 spiro atoms. The molecule has 1 aliphatic heterocycles. The molecule has 23 heavy (non-hydrogen) atoms. The number of nitrogens with one attached hydrogen (secondary N) is 1. The standard InChI is InChI=1S/C17H14ClIN2O2/c18-12-2-1-3-15(9-12)21-10-11(8-16(21)22)17(23)20-14-6-4-13(19)5-7-14/h1-7,9,11H,8,10H2,(H,20,23)/t11-/m0/s1. The molecular formula is C17H14ClIN2O2. The molecule has 0 unspecified atom stereocenters. The van der Waals surface area contributed by atoms with Crippen LogP contribution in [0.4, 0.5) is 11.4 Å². The van der Waals surface area contributed by atoms with Crippen LogP contribution in [-0.4, -0.2) is 18.4 Å². The Morgan fingerprint density at radius 3 is 2.65 bits per heavy atom. The fourth-order valence-corrected chi connectivity index (χ4v) is 3.10. The Morgan fingerprint density at radius 1 is 1.22 bits per heavy atom. The average molecular weight is 441 g/mol. The number of amides is 2. The number of halogens is 2. The Kier molecular flexibility index (Phi) is 4.87. The van der Waals surface area contributed by atoms with Gasteiger partial charge in [-0.1, -0.05) is 17.7 Å². The molecule has 1 saturated heterocycles. The minimum atomic E-state index is -0.360. The monoisotopic (exact) mass is 440 g/mol. The molecular weight excluding hydrogens is 427 g/mol. The maximum absolute atomic E-state index is 12.4. The second-order valence-corrected chi connectivity index (χ2v) is 7.06. The maximum atomic E-state index is 12.4. The Hall–Kier alpha value is -1.60. The van der Waals surface area contributed by atoms with E-state index in [1.165, 1.54) is 0 Å². The summed E-state index contributed by atoms with van der Waals surface area (Å²) in [7, 11) is 0. The van der Waals surface area contributed by atoms with Gasteiger partial charge in [0.1, 0.15) is 0 Å². The summed E-state index contributed by atoms with van der Waals surface area (Å²) in [5.41, 5.74) is 1.47. The van der Waals surface area contributed by atoms with Gasteiger partial charge < -0.3 is 10.2 Å². The van der Waals surface area contributed by atoms with E-state index >= 15 is 0 Å². The highest BCUT2D eigenvalue weighted by molar-refractivity contribution is 14.1. The number of carbonyl (C=O) groups excluding carboxylic acids is 2. The van der Waals surface area contributed by atoms with Crippen molar-refractivity contribution >= 4 is 57.4 Å². The first-order valence-corrected chi connectivity index (χ1v) is 8.61. The van der Waals surface area contributed by atoms with Gasteiger partial charge in [0.15, 0.2) is 0 Å². The summed E-state index contributed by atoms with van der Waals surface area (Å²) in [6, 6.07) is 14.7. The second kappa shape index (κ2) is 6.88. The fourth-order valence-electron chi connectivity index (χ4n) is 2.55. The SMILES string of the molecule is O=C(Nc1ccc(I)cc1)[C@H]1CC(=O)N(c2cccc(Cl)c2)C1. The molecule has 1 N–H and O–H groups in total. The van der Waals surface area contributed by atoms with Gasteiger partial charge >= 0.3 is 0 Å². The van der Waals surface area contributed by atoms with Crippen LogP contribution in [0.1, 0.15) is 6.42 Å². The molecule has 0 radical (unpaired) electrons. The van der Waals surface area contributed by atoms with E-state index in [2.05, 4.69) is 27.9 Å². The Bertz CT molecular complexity index is 749. The third kappa shape index (κ3) is 3.84. The Balaban J connectivity index is 1.69. The molecule has 3 rings (SSSR count). The average Bonchev–Trinajstić information content (AvgIpc) is 2.92. The molecule has 6 heteroatoms. The van der Waals surface area contributed by atoms with E-state index in [1.54, 1.807) is 23.1 Å². The second-order valence-electron chi connectivity index (χ2n) is 5.38. The fraction of sp³-hybridized carbons (Fsp3) is 0.176. The quantitative estimate of drug-likeness (QED) is 0.735. The van der Waals surface area contributed by atoms with Gasteiger partial charge in [-0.25, -0.2) is 0 Å². The number of hydrogen-bond donors (Lipinski definition) is 1. The Morgan fingerprint density at radius 2 is 1.96 bits per heavy atom. The van der Waals surface area contributed by atoms with E-state index < -0.39 is 0 Å². The van der Waals surface area contributed by atoms with Gasteiger partial charge in [-0.15, -0.1) is 0 Å². The molecule has 0 saturated carbocycles. The first kappa shape index (κ1) is 16.3. The largest absolute Gasteiger partial charge is 0.326 e. The van der Waals surface area contributed by atoms with Crippen molar-refractivity contribution in [2.24, 2.45) is 5.92 Å². The van der Waals surface area contributed by atoms with Crippen LogP contribution >= 0.6 is 34.2 Å². The van der Waals surface area contributed by atoms with Crippen molar-refractivity contribution in [2.75, 3.05) is 16.8 Å². The van der Waals surface area contributed by atoms with Crippen molar-refractivity contribution in [3.8, 4) is 0 Å². The Labute approximate surface area is 153 Å². The van der Waals surface area contributed by atoms with Gasteiger partial charge in [0.25, 0.3) is 0 Å². The molecule has 4 nitrogen and oxygen atoms in total. The van der Waals surface area contributed by atoms with Crippen molar-refractivity contribution in [1.29, 1.82) is 0 Å². The predicted molar refractivity (Wildman–Crippen MR) is 99.7 cm³/mol. The summed E-state index contributed by atoms with van der Waals surface area (Å²) >= 11 is 8.18. The number of benzene rings is 2. The molecule has 0 aliphatic carbocycles. The van der Waals surface area contributed by atoms with Gasteiger partial charge in [-0.2, -0.15) is 0 Å². The lowest BCUT2D eigenvalue weighted by molar-refractivity contribution is -0.122. The van der Waals surface area contributed by atoms with Gasteiger partial charge in [-0.05, 0) is 65.1 Å². The number of hydrogen-bond acceptors (Lipinski definition) is 2. The highest BCUT2D eigenvalue weighted by Crippen LogP contribution is 2.27. The summed E-state index contributed by atoms with van der Waals surface area (Å²) in [6.07, 6.45) is 0.211. The lowest BCUT2D eigenvalue weighted by atomic mass is 10.1. The molecule has 2 aromatic rings. The molecule has 1 heterocycles. The van der Waals surface area contributed by atoms with Crippen LogP contribution in [0.15, 0.2) is 48.5 Å². The van der Waals surface area contributed by atoms with Crippen LogP contribution in [0.5, 0.6) is 0 Å². The smallest absolute Gasteiger partial charge is 0.229 e. The zero-order chi connectivity index (χ0) is 16.4. The molecule has 2 aromatic carbocycles. The van der Waals surface area contributed by atoms with Crippen molar-refractivity contribution in [1.82, 2.24) is 0 Å². The van der Waals surface area contributed by atoms with Crippen LogP contribution in [0, 0.1) is 9.49 Å². The summed E-state index contributed by atoms with van der Waals surface area (Å²) in [6.45, 7) is 0.370. The van der Waals surface area contributed by atoms with Gasteiger partial charge in [0.2, 0.25) is 11.8 Å². The number of carbonyl (C=O) groups is 2. The van der Waals surface area contributed by atoms with E-state index in [0.717, 1.165) is 14.9 Å². The molecule has 2 amide bonds. The van der Waals surface area contributed by atoms with Gasteiger partial charge in [0, 0.05) is 32.9 Å². The molecule has 1 fully saturated rings. The van der Waals surface area contributed by atoms with Gasteiger partial charge in [0.05, 0.1) is 5.92 Å². The minimum absolute atomic E-state index is 0.0602. The van der Waals surface area contributed by atoms with Crippen molar-refractivity contribution in [2.45, 2.75) is 6.42 Å². The molecule has 1 atom stereocenters. The van der Waals surface area contributed by atoms with Crippen LogP contribution in [0.2, 0.25) is 5.02 Å².